The summed E-state index contributed by atoms with van der Waals surface area (Å²) in [6, 6.07) is 0. The van der Waals surface area contributed by atoms with Gasteiger partial charge < -0.3 is 9.80 Å². The second kappa shape index (κ2) is 8.81. The molecule has 19 heavy (non-hydrogen) atoms. The normalized spacial score (nSPS) is 31.9. The molecule has 0 aromatic rings. The van der Waals surface area contributed by atoms with E-state index in [2.05, 4.69) is 47.2 Å². The van der Waals surface area contributed by atoms with Gasteiger partial charge in [-0.1, -0.05) is 13.8 Å². The Hall–Kier alpha value is 0.620. The maximum Gasteiger partial charge on any atom is 0.00725 e. The third-order valence-electron chi connectivity index (χ3n) is 4.27. The van der Waals surface area contributed by atoms with E-state index in [1.165, 1.54) is 70.0 Å². The average molecular weight is 303 g/mol. The van der Waals surface area contributed by atoms with Gasteiger partial charge in [0, 0.05) is 35.1 Å². The van der Waals surface area contributed by atoms with E-state index in [4.69, 9.17) is 0 Å². The first-order valence-corrected chi connectivity index (χ1v) is 10.0. The van der Waals surface area contributed by atoms with Gasteiger partial charge in [0.25, 0.3) is 0 Å². The highest BCUT2D eigenvalue weighted by Crippen LogP contribution is 2.20. The van der Waals surface area contributed by atoms with Crippen LogP contribution in [-0.4, -0.2) is 71.1 Å². The van der Waals surface area contributed by atoms with Crippen LogP contribution in [0.2, 0.25) is 0 Å². The minimum atomic E-state index is 0.870. The lowest BCUT2D eigenvalue weighted by Crippen LogP contribution is -2.32. The maximum absolute atomic E-state index is 2.69. The zero-order chi connectivity index (χ0) is 13.5. The van der Waals surface area contributed by atoms with Crippen LogP contribution in [0.1, 0.15) is 33.1 Å². The van der Waals surface area contributed by atoms with Crippen LogP contribution >= 0.6 is 23.5 Å². The zero-order valence-corrected chi connectivity index (χ0v) is 14.3. The van der Waals surface area contributed by atoms with Crippen LogP contribution < -0.4 is 0 Å². The summed E-state index contributed by atoms with van der Waals surface area (Å²) in [4.78, 5) is 5.37. The smallest absolute Gasteiger partial charge is 0.00725 e. The molecule has 4 heteroatoms. The number of hydrogen-bond donors (Lipinski definition) is 0. The fourth-order valence-electron chi connectivity index (χ4n) is 2.85. The fraction of sp³-hybridized carbons (Fsp3) is 1.00. The van der Waals surface area contributed by atoms with Gasteiger partial charge in [0.05, 0.1) is 0 Å². The van der Waals surface area contributed by atoms with Gasteiger partial charge in [-0.25, -0.2) is 0 Å². The zero-order valence-electron chi connectivity index (χ0n) is 12.6. The molecule has 0 unspecified atom stereocenters. The molecule has 0 amide bonds. The number of nitrogens with zero attached hydrogens (tertiary/aromatic N) is 2. The molecule has 0 bridgehead atoms. The van der Waals surface area contributed by atoms with Crippen LogP contribution in [0.3, 0.4) is 0 Å². The molecule has 2 atom stereocenters. The Morgan fingerprint density at radius 3 is 1.74 bits per heavy atom. The molecule has 0 spiro atoms. The van der Waals surface area contributed by atoms with Crippen molar-refractivity contribution in [2.45, 2.75) is 43.6 Å². The van der Waals surface area contributed by atoms with Crippen LogP contribution in [0, 0.1) is 0 Å². The summed E-state index contributed by atoms with van der Waals surface area (Å²) in [6.07, 6.45) is 4.11. The Labute approximate surface area is 128 Å². The van der Waals surface area contributed by atoms with Crippen LogP contribution in [0.4, 0.5) is 0 Å². The third-order valence-corrected chi connectivity index (χ3v) is 6.72. The summed E-state index contributed by atoms with van der Waals surface area (Å²) in [6.45, 7) is 12.6. The van der Waals surface area contributed by atoms with Crippen molar-refractivity contribution < 1.29 is 0 Å². The summed E-state index contributed by atoms with van der Waals surface area (Å²) < 4.78 is 0. The van der Waals surface area contributed by atoms with Crippen molar-refractivity contribution in [2.75, 3.05) is 50.8 Å². The SMILES string of the molecule is C[C@H]1CCN(CCCN2CCS[C@@H](C)CC2)CCS1. The molecule has 2 nitrogen and oxygen atoms in total. The molecule has 2 fully saturated rings. The molecule has 2 saturated heterocycles. The van der Waals surface area contributed by atoms with Gasteiger partial charge in [-0.15, -0.1) is 0 Å². The first kappa shape index (κ1) is 16.0. The van der Waals surface area contributed by atoms with Crippen molar-refractivity contribution in [1.82, 2.24) is 9.80 Å². The predicted octanol–water partition coefficient (Wildman–Crippen LogP) is 3.03. The molecule has 2 heterocycles. The highest BCUT2D eigenvalue weighted by Gasteiger charge is 2.16. The Bertz CT molecular complexity index is 226. The van der Waals surface area contributed by atoms with Crippen LogP contribution in [-0.2, 0) is 0 Å². The molecule has 112 valence electrons. The Balaban J connectivity index is 1.60. The summed E-state index contributed by atoms with van der Waals surface area (Å²) in [5.74, 6) is 2.66. The van der Waals surface area contributed by atoms with E-state index >= 15 is 0 Å². The van der Waals surface area contributed by atoms with E-state index in [-0.39, 0.29) is 0 Å². The highest BCUT2D eigenvalue weighted by atomic mass is 32.2. The topological polar surface area (TPSA) is 6.48 Å². The molecule has 0 aliphatic carbocycles. The van der Waals surface area contributed by atoms with Crippen molar-refractivity contribution in [3.8, 4) is 0 Å². The molecule has 0 aromatic heterocycles. The molecule has 2 aliphatic heterocycles. The third kappa shape index (κ3) is 6.28. The van der Waals surface area contributed by atoms with Crippen molar-refractivity contribution in [3.05, 3.63) is 0 Å². The predicted molar refractivity (Wildman–Crippen MR) is 90.6 cm³/mol. The molecule has 0 aromatic carbocycles. The molecular weight excluding hydrogens is 272 g/mol. The van der Waals surface area contributed by atoms with Crippen molar-refractivity contribution in [1.29, 1.82) is 0 Å². The van der Waals surface area contributed by atoms with E-state index in [1.54, 1.807) is 0 Å². The standard InChI is InChI=1S/C15H30N2S2/c1-14-4-8-16(10-12-18-14)6-3-7-17-9-5-15(2)19-13-11-17/h14-15H,3-13H2,1-2H3/t14-,15-/m0/s1. The lowest BCUT2D eigenvalue weighted by atomic mass is 10.2. The Morgan fingerprint density at radius 2 is 1.26 bits per heavy atom. The second-order valence-corrected chi connectivity index (χ2v) is 9.07. The summed E-state index contributed by atoms with van der Waals surface area (Å²) in [7, 11) is 0. The van der Waals surface area contributed by atoms with E-state index in [0.717, 1.165) is 10.5 Å². The molecule has 2 aliphatic rings. The second-order valence-electron chi connectivity index (χ2n) is 5.98. The van der Waals surface area contributed by atoms with Crippen molar-refractivity contribution in [2.24, 2.45) is 0 Å². The summed E-state index contributed by atoms with van der Waals surface area (Å²) in [5.41, 5.74) is 0. The number of hydrogen-bond acceptors (Lipinski definition) is 4. The Morgan fingerprint density at radius 1 is 0.789 bits per heavy atom. The van der Waals surface area contributed by atoms with Gasteiger partial charge in [0.2, 0.25) is 0 Å². The molecule has 0 N–H and O–H groups in total. The fourth-order valence-corrected chi connectivity index (χ4v) is 4.93. The molecule has 2 rings (SSSR count). The quantitative estimate of drug-likeness (QED) is 0.787. The maximum atomic E-state index is 2.69. The molecular formula is C15H30N2S2. The average Bonchev–Trinajstić information content (AvgIpc) is 2.71. The molecule has 0 radical (unpaired) electrons. The van der Waals surface area contributed by atoms with Crippen LogP contribution in [0.25, 0.3) is 0 Å². The summed E-state index contributed by atoms with van der Waals surface area (Å²) in [5, 5.41) is 1.74. The lowest BCUT2D eigenvalue weighted by Gasteiger charge is -2.23. The lowest BCUT2D eigenvalue weighted by molar-refractivity contribution is 0.241. The Kier molecular flexibility index (Phi) is 7.42. The van der Waals surface area contributed by atoms with Crippen molar-refractivity contribution >= 4 is 23.5 Å². The monoisotopic (exact) mass is 302 g/mol. The minimum Gasteiger partial charge on any atom is -0.302 e. The van der Waals surface area contributed by atoms with Crippen molar-refractivity contribution in [3.63, 3.8) is 0 Å². The van der Waals surface area contributed by atoms with E-state index < -0.39 is 0 Å². The van der Waals surface area contributed by atoms with Gasteiger partial charge in [-0.2, -0.15) is 23.5 Å². The van der Waals surface area contributed by atoms with E-state index in [1.807, 2.05) is 0 Å². The van der Waals surface area contributed by atoms with Crippen LogP contribution in [0.15, 0.2) is 0 Å². The van der Waals surface area contributed by atoms with Gasteiger partial charge in [0.15, 0.2) is 0 Å². The van der Waals surface area contributed by atoms with Gasteiger partial charge in [-0.05, 0) is 45.4 Å². The van der Waals surface area contributed by atoms with Crippen LogP contribution in [0.5, 0.6) is 0 Å². The van der Waals surface area contributed by atoms with Gasteiger partial charge >= 0.3 is 0 Å². The summed E-state index contributed by atoms with van der Waals surface area (Å²) >= 11 is 4.30. The highest BCUT2D eigenvalue weighted by molar-refractivity contribution is 8.00. The van der Waals surface area contributed by atoms with E-state index in [9.17, 15) is 0 Å². The van der Waals surface area contributed by atoms with E-state index in [0.29, 0.717) is 0 Å². The first-order chi connectivity index (χ1) is 9.24. The molecule has 0 saturated carbocycles. The number of thioether (sulfide) groups is 2. The number of rotatable bonds is 4. The van der Waals surface area contributed by atoms with Gasteiger partial charge in [0.1, 0.15) is 0 Å². The minimum absolute atomic E-state index is 0.870. The largest absolute Gasteiger partial charge is 0.302 e. The first-order valence-electron chi connectivity index (χ1n) is 7.92. The van der Waals surface area contributed by atoms with Gasteiger partial charge in [-0.3, -0.25) is 0 Å².